The van der Waals surface area contributed by atoms with Gasteiger partial charge in [-0.2, -0.15) is 0 Å². The minimum absolute atomic E-state index is 0.0109. The molecule has 8 nitrogen and oxygen atoms in total. The summed E-state index contributed by atoms with van der Waals surface area (Å²) in [5, 5.41) is 1.99. The first-order chi connectivity index (χ1) is 15.3. The number of amides is 1. The van der Waals surface area contributed by atoms with Crippen molar-refractivity contribution in [1.29, 1.82) is 0 Å². The van der Waals surface area contributed by atoms with E-state index in [4.69, 9.17) is 5.73 Å². The van der Waals surface area contributed by atoms with Gasteiger partial charge in [0.25, 0.3) is 0 Å². The van der Waals surface area contributed by atoms with Gasteiger partial charge >= 0.3 is 5.97 Å². The summed E-state index contributed by atoms with van der Waals surface area (Å²) in [5.41, 5.74) is 11.1. The molecule has 0 saturated carbocycles. The number of fused-ring (bicyclic) bond motifs is 1. The van der Waals surface area contributed by atoms with Gasteiger partial charge in [0.2, 0.25) is 5.91 Å². The van der Waals surface area contributed by atoms with Crippen LogP contribution < -0.4 is 11.5 Å². The highest BCUT2D eigenvalue weighted by atomic mass is 16.5. The number of pyridine rings is 1. The van der Waals surface area contributed by atoms with Crippen LogP contribution in [0.4, 0.5) is 0 Å². The Kier molecular flexibility index (Phi) is 18.1. The molecule has 4 N–H and O–H groups in total. The molecule has 0 bridgehead atoms. The predicted molar refractivity (Wildman–Crippen MR) is 130 cm³/mol. The number of carbonyl (C=O) groups is 3. The van der Waals surface area contributed by atoms with Gasteiger partial charge in [0.15, 0.2) is 5.78 Å². The summed E-state index contributed by atoms with van der Waals surface area (Å²) in [5.74, 6) is -0.548. The number of benzene rings is 1. The smallest absolute Gasteiger partial charge is 0.325 e. The second-order valence-electron chi connectivity index (χ2n) is 6.07. The van der Waals surface area contributed by atoms with Crippen LogP contribution in [0.5, 0.6) is 0 Å². The summed E-state index contributed by atoms with van der Waals surface area (Å²) in [6.07, 6.45) is 2.01. The van der Waals surface area contributed by atoms with Gasteiger partial charge in [0.1, 0.15) is 12.2 Å². The molecule has 1 heterocycles. The van der Waals surface area contributed by atoms with Crippen molar-refractivity contribution in [1.82, 2.24) is 9.88 Å². The van der Waals surface area contributed by atoms with E-state index in [1.54, 1.807) is 13.1 Å². The Hall–Kier alpha value is -3.10. The van der Waals surface area contributed by atoms with Crippen LogP contribution in [0.2, 0.25) is 0 Å². The highest BCUT2D eigenvalue weighted by Gasteiger charge is 2.16. The number of hydrogen-bond donors (Lipinski definition) is 2. The van der Waals surface area contributed by atoms with Crippen molar-refractivity contribution in [2.75, 3.05) is 33.8 Å². The number of rotatable bonds is 7. The maximum Gasteiger partial charge on any atom is 0.325 e. The second-order valence-corrected chi connectivity index (χ2v) is 6.07. The average molecular weight is 447 g/mol. The van der Waals surface area contributed by atoms with Gasteiger partial charge in [-0.05, 0) is 24.1 Å². The summed E-state index contributed by atoms with van der Waals surface area (Å²) in [6, 6.07) is 9.66. The Morgan fingerprint density at radius 3 is 2.19 bits per heavy atom. The molecule has 0 atom stereocenters. The fourth-order valence-corrected chi connectivity index (χ4v) is 2.41. The fraction of sp³-hybridized carbons (Fsp3) is 0.417. The van der Waals surface area contributed by atoms with Crippen molar-refractivity contribution >= 4 is 28.4 Å². The fourth-order valence-electron chi connectivity index (χ4n) is 2.41. The number of carbonyl (C=O) groups excluding carboxylic acids is 3. The van der Waals surface area contributed by atoms with E-state index in [2.05, 4.69) is 22.0 Å². The zero-order valence-electron chi connectivity index (χ0n) is 20.2. The van der Waals surface area contributed by atoms with Crippen molar-refractivity contribution in [3.63, 3.8) is 0 Å². The monoisotopic (exact) mass is 446 g/mol. The number of methoxy groups -OCH3 is 1. The molecular weight excluding hydrogens is 408 g/mol. The van der Waals surface area contributed by atoms with Gasteiger partial charge in [-0.1, -0.05) is 51.6 Å². The first-order valence-corrected chi connectivity index (χ1v) is 10.5. The van der Waals surface area contributed by atoms with Gasteiger partial charge < -0.3 is 21.1 Å². The van der Waals surface area contributed by atoms with E-state index in [1.165, 1.54) is 26.0 Å². The topological polar surface area (TPSA) is 129 Å². The zero-order chi connectivity index (χ0) is 25.1. The van der Waals surface area contributed by atoms with E-state index >= 15 is 0 Å². The molecule has 0 unspecified atom stereocenters. The average Bonchev–Trinajstić information content (AvgIpc) is 2.85. The molecule has 2 aromatic rings. The number of hydrogen-bond acceptors (Lipinski definition) is 7. The Bertz CT molecular complexity index is 830. The molecule has 178 valence electrons. The molecule has 0 radical (unpaired) electrons. The summed E-state index contributed by atoms with van der Waals surface area (Å²) in [7, 11) is 2.79. The SMILES string of the molecule is C=C(CN)CN(CC(=O)OC)C(=O)CC.CC.CC(=O)c1nccc2ccccc12.CN. The third-order valence-electron chi connectivity index (χ3n) is 3.91. The normalized spacial score (nSPS) is 9.00. The molecule has 1 amide bonds. The number of esters is 1. The zero-order valence-corrected chi connectivity index (χ0v) is 20.2. The quantitative estimate of drug-likeness (QED) is 0.380. The molecule has 0 aliphatic carbocycles. The summed E-state index contributed by atoms with van der Waals surface area (Å²) in [6.45, 7) is 11.5. The largest absolute Gasteiger partial charge is 0.468 e. The molecule has 1 aromatic heterocycles. The van der Waals surface area contributed by atoms with E-state index in [-0.39, 0.29) is 18.2 Å². The Labute approximate surface area is 191 Å². The molecule has 8 heteroatoms. The molecular formula is C24H38N4O4. The van der Waals surface area contributed by atoms with Gasteiger partial charge in [0, 0.05) is 38.0 Å². The van der Waals surface area contributed by atoms with E-state index in [1.807, 2.05) is 44.2 Å². The lowest BCUT2D eigenvalue weighted by Gasteiger charge is -2.21. The third kappa shape index (κ3) is 11.3. The maximum absolute atomic E-state index is 11.5. The second kappa shape index (κ2) is 18.7. The standard InChI is InChI=1S/C11H9NO.C10H18N2O3.C2H6.CH5N/c1-8(13)11-10-5-3-2-4-9(10)6-7-12-11;1-4-9(13)12(6-8(2)5-11)7-10(14)15-3;2*1-2/h2-7H,1H3;2,4-7,11H2,1,3H3;1-2H3;2H2,1H3. The van der Waals surface area contributed by atoms with Crippen LogP contribution in [-0.4, -0.2) is 61.3 Å². The van der Waals surface area contributed by atoms with Crippen molar-refractivity contribution < 1.29 is 19.1 Å². The number of nitrogens with two attached hydrogens (primary N) is 2. The van der Waals surface area contributed by atoms with Crippen LogP contribution in [0.1, 0.15) is 44.6 Å². The number of aromatic nitrogens is 1. The maximum atomic E-state index is 11.5. The van der Waals surface area contributed by atoms with Crippen LogP contribution in [0.15, 0.2) is 48.7 Å². The van der Waals surface area contributed by atoms with Crippen LogP contribution in [0.25, 0.3) is 10.8 Å². The lowest BCUT2D eigenvalue weighted by molar-refractivity contribution is -0.146. The van der Waals surface area contributed by atoms with E-state index in [0.717, 1.165) is 10.8 Å². The highest BCUT2D eigenvalue weighted by Crippen LogP contribution is 2.16. The molecule has 0 aliphatic heterocycles. The number of ether oxygens (including phenoxy) is 1. The van der Waals surface area contributed by atoms with Crippen LogP contribution in [0, 0.1) is 0 Å². The summed E-state index contributed by atoms with van der Waals surface area (Å²) >= 11 is 0. The van der Waals surface area contributed by atoms with Crippen molar-refractivity contribution in [3.8, 4) is 0 Å². The van der Waals surface area contributed by atoms with E-state index in [9.17, 15) is 14.4 Å². The van der Waals surface area contributed by atoms with E-state index in [0.29, 0.717) is 30.8 Å². The lowest BCUT2D eigenvalue weighted by atomic mass is 10.1. The lowest BCUT2D eigenvalue weighted by Crippen LogP contribution is -2.37. The summed E-state index contributed by atoms with van der Waals surface area (Å²) in [4.78, 5) is 39.1. The minimum atomic E-state index is -0.443. The van der Waals surface area contributed by atoms with Crippen LogP contribution in [-0.2, 0) is 14.3 Å². The molecule has 0 saturated heterocycles. The molecule has 0 spiro atoms. The third-order valence-corrected chi connectivity index (χ3v) is 3.91. The predicted octanol–water partition coefficient (Wildman–Crippen LogP) is 2.95. The Balaban J connectivity index is 0. The summed E-state index contributed by atoms with van der Waals surface area (Å²) < 4.78 is 4.50. The highest BCUT2D eigenvalue weighted by molar-refractivity contribution is 6.05. The van der Waals surface area contributed by atoms with Gasteiger partial charge in [-0.25, -0.2) is 0 Å². The van der Waals surface area contributed by atoms with Gasteiger partial charge in [-0.15, -0.1) is 0 Å². The number of nitrogens with zero attached hydrogens (tertiary/aromatic N) is 2. The van der Waals surface area contributed by atoms with Crippen LogP contribution in [0.3, 0.4) is 0 Å². The molecule has 1 aromatic carbocycles. The van der Waals surface area contributed by atoms with E-state index < -0.39 is 5.97 Å². The number of ketones is 1. The first kappa shape index (κ1) is 31.1. The molecule has 2 rings (SSSR count). The number of Topliss-reactive ketones (excluding diaryl/α,β-unsaturated/α-hetero) is 1. The molecule has 32 heavy (non-hydrogen) atoms. The van der Waals surface area contributed by atoms with Gasteiger partial charge in [-0.3, -0.25) is 19.4 Å². The minimum Gasteiger partial charge on any atom is -0.468 e. The van der Waals surface area contributed by atoms with Crippen LogP contribution >= 0.6 is 0 Å². The Morgan fingerprint density at radius 1 is 1.09 bits per heavy atom. The van der Waals surface area contributed by atoms with Crippen molar-refractivity contribution in [3.05, 3.63) is 54.4 Å². The first-order valence-electron chi connectivity index (χ1n) is 10.5. The Morgan fingerprint density at radius 2 is 1.69 bits per heavy atom. The van der Waals surface area contributed by atoms with Crippen molar-refractivity contribution in [2.45, 2.75) is 34.1 Å². The van der Waals surface area contributed by atoms with Gasteiger partial charge in [0.05, 0.1) is 7.11 Å². The van der Waals surface area contributed by atoms with Crippen molar-refractivity contribution in [2.24, 2.45) is 11.5 Å². The molecule has 0 aliphatic rings. The molecule has 0 fully saturated rings.